The molecule has 1 aromatic carbocycles. The first kappa shape index (κ1) is 16.7. The van der Waals surface area contributed by atoms with E-state index in [2.05, 4.69) is 6.92 Å². The summed E-state index contributed by atoms with van der Waals surface area (Å²) in [6, 6.07) is 7.90. The summed E-state index contributed by atoms with van der Waals surface area (Å²) in [5, 5.41) is 9.39. The fourth-order valence-corrected chi connectivity index (χ4v) is 2.63. The van der Waals surface area contributed by atoms with Gasteiger partial charge in [0.15, 0.2) is 0 Å². The van der Waals surface area contributed by atoms with Crippen molar-refractivity contribution in [3.63, 3.8) is 0 Å². The fraction of sp³-hybridized carbons (Fsp3) is 0.611. The van der Waals surface area contributed by atoms with E-state index < -0.39 is 5.97 Å². The molecule has 1 aromatic rings. The highest BCUT2D eigenvalue weighted by Crippen LogP contribution is 2.24. The maximum Gasteiger partial charge on any atom is 0.310 e. The highest BCUT2D eigenvalue weighted by atomic mass is 16.4. The van der Waals surface area contributed by atoms with Gasteiger partial charge in [-0.05, 0) is 18.9 Å². The van der Waals surface area contributed by atoms with Crippen molar-refractivity contribution in [3.8, 4) is 0 Å². The lowest BCUT2D eigenvalue weighted by Gasteiger charge is -2.13. The molecule has 0 aromatic heterocycles. The van der Waals surface area contributed by atoms with Gasteiger partial charge in [0.05, 0.1) is 5.92 Å². The Morgan fingerprint density at radius 2 is 1.75 bits per heavy atom. The van der Waals surface area contributed by atoms with Gasteiger partial charge in [-0.15, -0.1) is 0 Å². The Balaban J connectivity index is 2.35. The predicted molar refractivity (Wildman–Crippen MR) is 84.2 cm³/mol. The summed E-state index contributed by atoms with van der Waals surface area (Å²) in [4.78, 5) is 11.4. The van der Waals surface area contributed by atoms with Crippen molar-refractivity contribution in [1.82, 2.24) is 0 Å². The number of hydrogen-bond acceptors (Lipinski definition) is 1. The zero-order valence-electron chi connectivity index (χ0n) is 12.9. The maximum absolute atomic E-state index is 11.4. The number of hydrogen-bond donors (Lipinski definition) is 1. The molecule has 1 N–H and O–H groups in total. The van der Waals surface area contributed by atoms with Gasteiger partial charge in [-0.25, -0.2) is 0 Å². The summed E-state index contributed by atoms with van der Waals surface area (Å²) in [5.74, 6) is -1.04. The second kappa shape index (κ2) is 9.57. The normalized spacial score (nSPS) is 12.3. The zero-order chi connectivity index (χ0) is 14.8. The zero-order valence-corrected chi connectivity index (χ0v) is 12.9. The van der Waals surface area contributed by atoms with Gasteiger partial charge in [0, 0.05) is 0 Å². The van der Waals surface area contributed by atoms with Gasteiger partial charge in [-0.3, -0.25) is 4.79 Å². The van der Waals surface area contributed by atoms with Gasteiger partial charge < -0.3 is 5.11 Å². The van der Waals surface area contributed by atoms with E-state index in [0.717, 1.165) is 30.4 Å². The lowest BCUT2D eigenvalue weighted by molar-refractivity contribution is -0.139. The Kier molecular flexibility index (Phi) is 8.01. The highest BCUT2D eigenvalue weighted by molar-refractivity contribution is 5.76. The Morgan fingerprint density at radius 1 is 1.10 bits per heavy atom. The SMILES string of the molecule is CCCCCCCCCC(C(=O)O)c1cccc(C)c1. The molecule has 1 unspecified atom stereocenters. The van der Waals surface area contributed by atoms with Crippen molar-refractivity contribution in [2.24, 2.45) is 0 Å². The molecule has 20 heavy (non-hydrogen) atoms. The first-order valence-corrected chi connectivity index (χ1v) is 7.94. The molecule has 0 heterocycles. The van der Waals surface area contributed by atoms with Crippen LogP contribution in [0.2, 0.25) is 0 Å². The van der Waals surface area contributed by atoms with Crippen LogP contribution in [0.25, 0.3) is 0 Å². The largest absolute Gasteiger partial charge is 0.481 e. The van der Waals surface area contributed by atoms with Crippen molar-refractivity contribution >= 4 is 5.97 Å². The number of rotatable bonds is 10. The minimum absolute atomic E-state index is 0.342. The first-order valence-electron chi connectivity index (χ1n) is 7.94. The second-order valence-corrected chi connectivity index (χ2v) is 5.71. The Bertz CT molecular complexity index is 398. The summed E-state index contributed by atoms with van der Waals surface area (Å²) in [5.41, 5.74) is 2.08. The van der Waals surface area contributed by atoms with Crippen molar-refractivity contribution in [1.29, 1.82) is 0 Å². The van der Waals surface area contributed by atoms with E-state index >= 15 is 0 Å². The molecule has 2 heteroatoms. The average molecular weight is 276 g/mol. The number of unbranched alkanes of at least 4 members (excludes halogenated alkanes) is 6. The number of carboxylic acids is 1. The molecule has 0 saturated heterocycles. The molecule has 0 aliphatic rings. The van der Waals surface area contributed by atoms with E-state index in [-0.39, 0.29) is 5.92 Å². The smallest absolute Gasteiger partial charge is 0.310 e. The molecule has 112 valence electrons. The van der Waals surface area contributed by atoms with Crippen LogP contribution >= 0.6 is 0 Å². The van der Waals surface area contributed by atoms with E-state index in [9.17, 15) is 9.90 Å². The summed E-state index contributed by atoms with van der Waals surface area (Å²) < 4.78 is 0. The highest BCUT2D eigenvalue weighted by Gasteiger charge is 2.19. The number of aliphatic carboxylic acids is 1. The third kappa shape index (κ3) is 6.23. The number of aryl methyl sites for hydroxylation is 1. The topological polar surface area (TPSA) is 37.3 Å². The molecule has 0 fully saturated rings. The van der Waals surface area contributed by atoms with Gasteiger partial charge in [-0.2, -0.15) is 0 Å². The van der Waals surface area contributed by atoms with Gasteiger partial charge >= 0.3 is 5.97 Å². The van der Waals surface area contributed by atoms with Crippen molar-refractivity contribution in [2.45, 2.75) is 71.1 Å². The molecular weight excluding hydrogens is 248 g/mol. The third-order valence-corrected chi connectivity index (χ3v) is 3.84. The summed E-state index contributed by atoms with van der Waals surface area (Å²) in [6.45, 7) is 4.23. The fourth-order valence-electron chi connectivity index (χ4n) is 2.63. The Morgan fingerprint density at radius 3 is 2.35 bits per heavy atom. The number of carboxylic acid groups (broad SMARTS) is 1. The van der Waals surface area contributed by atoms with Crippen LogP contribution in [-0.4, -0.2) is 11.1 Å². The monoisotopic (exact) mass is 276 g/mol. The van der Waals surface area contributed by atoms with Crippen LogP contribution in [0.15, 0.2) is 24.3 Å². The summed E-state index contributed by atoms with van der Waals surface area (Å²) in [7, 11) is 0. The maximum atomic E-state index is 11.4. The van der Waals surface area contributed by atoms with E-state index in [1.54, 1.807) is 0 Å². The number of carbonyl (C=O) groups is 1. The molecule has 1 atom stereocenters. The lowest BCUT2D eigenvalue weighted by Crippen LogP contribution is -2.11. The molecule has 0 amide bonds. The Labute approximate surface area is 123 Å². The van der Waals surface area contributed by atoms with Crippen molar-refractivity contribution in [2.75, 3.05) is 0 Å². The molecule has 0 aliphatic heterocycles. The van der Waals surface area contributed by atoms with Crippen LogP contribution in [0.5, 0.6) is 0 Å². The van der Waals surface area contributed by atoms with Crippen LogP contribution in [0.4, 0.5) is 0 Å². The first-order chi connectivity index (χ1) is 9.65. The minimum atomic E-state index is -0.693. The van der Waals surface area contributed by atoms with E-state index in [0.29, 0.717) is 0 Å². The molecular formula is C18H28O2. The molecule has 1 rings (SSSR count). The predicted octanol–water partition coefficient (Wildman–Crippen LogP) is 5.30. The van der Waals surface area contributed by atoms with Crippen LogP contribution in [0.3, 0.4) is 0 Å². The van der Waals surface area contributed by atoms with E-state index in [1.807, 2.05) is 31.2 Å². The van der Waals surface area contributed by atoms with Crippen LogP contribution in [0.1, 0.15) is 75.3 Å². The van der Waals surface area contributed by atoms with Crippen molar-refractivity contribution in [3.05, 3.63) is 35.4 Å². The van der Waals surface area contributed by atoms with Gasteiger partial charge in [0.25, 0.3) is 0 Å². The average Bonchev–Trinajstić information content (AvgIpc) is 2.41. The second-order valence-electron chi connectivity index (χ2n) is 5.71. The quantitative estimate of drug-likeness (QED) is 0.588. The Hall–Kier alpha value is -1.31. The standard InChI is InChI=1S/C18H28O2/c1-3-4-5-6-7-8-9-13-17(18(19)20)16-12-10-11-15(2)14-16/h10-12,14,17H,3-9,13H2,1-2H3,(H,19,20). The minimum Gasteiger partial charge on any atom is -0.481 e. The van der Waals surface area contributed by atoms with Crippen LogP contribution in [-0.2, 0) is 4.79 Å². The molecule has 0 bridgehead atoms. The van der Waals surface area contributed by atoms with Crippen LogP contribution < -0.4 is 0 Å². The molecule has 0 spiro atoms. The third-order valence-electron chi connectivity index (χ3n) is 3.84. The summed E-state index contributed by atoms with van der Waals surface area (Å²) in [6.07, 6.45) is 9.35. The van der Waals surface area contributed by atoms with Gasteiger partial charge in [-0.1, -0.05) is 81.7 Å². The van der Waals surface area contributed by atoms with Crippen LogP contribution in [0, 0.1) is 6.92 Å². The molecule has 0 saturated carbocycles. The van der Waals surface area contributed by atoms with Gasteiger partial charge in [0.2, 0.25) is 0 Å². The van der Waals surface area contributed by atoms with Crippen molar-refractivity contribution < 1.29 is 9.90 Å². The molecule has 2 nitrogen and oxygen atoms in total. The molecule has 0 radical (unpaired) electrons. The number of benzene rings is 1. The lowest BCUT2D eigenvalue weighted by atomic mass is 9.92. The molecule has 0 aliphatic carbocycles. The van der Waals surface area contributed by atoms with E-state index in [4.69, 9.17) is 0 Å². The van der Waals surface area contributed by atoms with Gasteiger partial charge in [0.1, 0.15) is 0 Å². The van der Waals surface area contributed by atoms with E-state index in [1.165, 1.54) is 32.1 Å². The summed E-state index contributed by atoms with van der Waals surface area (Å²) >= 11 is 0.